The number of benzene rings is 1. The molecule has 1 amide bonds. The molecule has 1 aromatic carbocycles. The third-order valence-corrected chi connectivity index (χ3v) is 4.12. The van der Waals surface area contributed by atoms with Crippen molar-refractivity contribution in [1.82, 2.24) is 4.90 Å². The highest BCUT2D eigenvalue weighted by atomic mass is 16.6. The van der Waals surface area contributed by atoms with Gasteiger partial charge in [-0.2, -0.15) is 0 Å². The van der Waals surface area contributed by atoms with Gasteiger partial charge in [0.2, 0.25) is 5.91 Å². The van der Waals surface area contributed by atoms with Crippen molar-refractivity contribution < 1.29 is 24.2 Å². The Kier molecular flexibility index (Phi) is 4.18. The van der Waals surface area contributed by atoms with E-state index in [1.807, 2.05) is 18.2 Å². The van der Waals surface area contributed by atoms with Crippen molar-refractivity contribution in [2.75, 3.05) is 26.3 Å². The third-order valence-electron chi connectivity index (χ3n) is 4.12. The number of hydrogen-bond donors (Lipinski definition) is 1. The number of carbonyl (C=O) groups excluding carboxylic acids is 1. The predicted octanol–water partition coefficient (Wildman–Crippen LogP) is 1.32. The lowest BCUT2D eigenvalue weighted by Gasteiger charge is -2.19. The summed E-state index contributed by atoms with van der Waals surface area (Å²) in [7, 11) is 0. The fourth-order valence-corrected chi connectivity index (χ4v) is 2.84. The average molecular weight is 305 g/mol. The molecular formula is C16H19NO5. The fourth-order valence-electron chi connectivity index (χ4n) is 2.84. The molecule has 0 saturated carbocycles. The lowest BCUT2D eigenvalue weighted by molar-refractivity contribution is -0.141. The molecule has 1 atom stereocenters. The van der Waals surface area contributed by atoms with Crippen molar-refractivity contribution in [2.24, 2.45) is 5.92 Å². The van der Waals surface area contributed by atoms with Crippen LogP contribution in [0.5, 0.6) is 11.5 Å². The molecule has 0 spiro atoms. The largest absolute Gasteiger partial charge is 0.486 e. The number of fused-ring (bicyclic) bond motifs is 1. The molecule has 0 unspecified atom stereocenters. The van der Waals surface area contributed by atoms with Crippen LogP contribution in [-0.2, 0) is 16.0 Å². The summed E-state index contributed by atoms with van der Waals surface area (Å²) in [4.78, 5) is 24.7. The van der Waals surface area contributed by atoms with Crippen LogP contribution in [0.4, 0.5) is 0 Å². The van der Waals surface area contributed by atoms with Crippen molar-refractivity contribution in [2.45, 2.75) is 19.3 Å². The van der Waals surface area contributed by atoms with Crippen molar-refractivity contribution in [3.8, 4) is 11.5 Å². The Morgan fingerprint density at radius 1 is 1.23 bits per heavy atom. The second-order valence-corrected chi connectivity index (χ2v) is 5.64. The predicted molar refractivity (Wildman–Crippen MR) is 78.1 cm³/mol. The maximum Gasteiger partial charge on any atom is 0.308 e. The number of nitrogens with zero attached hydrogens (tertiary/aromatic N) is 1. The quantitative estimate of drug-likeness (QED) is 0.908. The van der Waals surface area contributed by atoms with Crippen LogP contribution in [0.1, 0.15) is 18.4 Å². The number of aliphatic carboxylic acids is 1. The summed E-state index contributed by atoms with van der Waals surface area (Å²) in [5.41, 5.74) is 1.02. The number of amides is 1. The molecular weight excluding hydrogens is 286 g/mol. The Balaban J connectivity index is 1.54. The van der Waals surface area contributed by atoms with Gasteiger partial charge in [0, 0.05) is 19.5 Å². The standard InChI is InChI=1S/C16H19NO5/c18-15(17-6-5-12(10-17)16(19)20)4-2-11-1-3-13-14(9-11)22-8-7-21-13/h1,3,9,12H,2,4-8,10H2,(H,19,20)/t12-/m0/s1. The molecule has 1 saturated heterocycles. The highest BCUT2D eigenvalue weighted by molar-refractivity contribution is 5.79. The summed E-state index contributed by atoms with van der Waals surface area (Å²) < 4.78 is 11.0. The van der Waals surface area contributed by atoms with E-state index in [0.29, 0.717) is 45.6 Å². The van der Waals surface area contributed by atoms with Crippen LogP contribution >= 0.6 is 0 Å². The number of rotatable bonds is 4. The normalized spacial score (nSPS) is 20.0. The Morgan fingerprint density at radius 3 is 2.73 bits per heavy atom. The number of carbonyl (C=O) groups is 2. The fraction of sp³-hybridized carbons (Fsp3) is 0.500. The van der Waals surface area contributed by atoms with Gasteiger partial charge in [-0.25, -0.2) is 0 Å². The Hall–Kier alpha value is -2.24. The summed E-state index contributed by atoms with van der Waals surface area (Å²) in [6.45, 7) is 1.97. The minimum Gasteiger partial charge on any atom is -0.486 e. The first-order chi connectivity index (χ1) is 10.6. The number of hydrogen-bond acceptors (Lipinski definition) is 4. The molecule has 0 radical (unpaired) electrons. The second kappa shape index (κ2) is 6.25. The molecule has 6 nitrogen and oxygen atoms in total. The molecule has 6 heteroatoms. The Morgan fingerprint density at radius 2 is 2.00 bits per heavy atom. The smallest absolute Gasteiger partial charge is 0.308 e. The van der Waals surface area contributed by atoms with Crippen molar-refractivity contribution in [3.63, 3.8) is 0 Å². The lowest BCUT2D eigenvalue weighted by atomic mass is 10.1. The highest BCUT2D eigenvalue weighted by Gasteiger charge is 2.30. The first kappa shape index (κ1) is 14.7. The van der Waals surface area contributed by atoms with Crippen LogP contribution in [0, 0.1) is 5.92 Å². The zero-order valence-electron chi connectivity index (χ0n) is 12.3. The van der Waals surface area contributed by atoms with E-state index in [0.717, 1.165) is 17.1 Å². The van der Waals surface area contributed by atoms with Gasteiger partial charge in [-0.05, 0) is 30.5 Å². The van der Waals surface area contributed by atoms with Gasteiger partial charge in [0.15, 0.2) is 11.5 Å². The van der Waals surface area contributed by atoms with Gasteiger partial charge in [-0.3, -0.25) is 9.59 Å². The van der Waals surface area contributed by atoms with Gasteiger partial charge in [-0.15, -0.1) is 0 Å². The molecule has 0 aromatic heterocycles. The second-order valence-electron chi connectivity index (χ2n) is 5.64. The zero-order valence-corrected chi connectivity index (χ0v) is 12.3. The van der Waals surface area contributed by atoms with E-state index in [-0.39, 0.29) is 5.91 Å². The highest BCUT2D eigenvalue weighted by Crippen LogP contribution is 2.31. The summed E-state index contributed by atoms with van der Waals surface area (Å²) in [5, 5.41) is 8.97. The van der Waals surface area contributed by atoms with Gasteiger partial charge >= 0.3 is 5.97 Å². The maximum atomic E-state index is 12.2. The number of carboxylic acid groups (broad SMARTS) is 1. The maximum absolute atomic E-state index is 12.2. The molecule has 118 valence electrons. The molecule has 2 heterocycles. The van der Waals surface area contributed by atoms with E-state index in [1.165, 1.54) is 0 Å². The van der Waals surface area contributed by atoms with Crippen LogP contribution < -0.4 is 9.47 Å². The van der Waals surface area contributed by atoms with Crippen molar-refractivity contribution in [3.05, 3.63) is 23.8 Å². The van der Waals surface area contributed by atoms with Gasteiger partial charge in [0.05, 0.1) is 5.92 Å². The van der Waals surface area contributed by atoms with E-state index in [1.54, 1.807) is 4.90 Å². The number of likely N-dealkylation sites (tertiary alicyclic amines) is 1. The molecule has 22 heavy (non-hydrogen) atoms. The molecule has 0 aliphatic carbocycles. The van der Waals surface area contributed by atoms with E-state index in [4.69, 9.17) is 14.6 Å². The summed E-state index contributed by atoms with van der Waals surface area (Å²) in [6, 6.07) is 5.71. The van der Waals surface area contributed by atoms with Crippen molar-refractivity contribution in [1.29, 1.82) is 0 Å². The summed E-state index contributed by atoms with van der Waals surface area (Å²) >= 11 is 0. The van der Waals surface area contributed by atoms with Gasteiger partial charge in [0.1, 0.15) is 13.2 Å². The van der Waals surface area contributed by atoms with E-state index in [2.05, 4.69) is 0 Å². The monoisotopic (exact) mass is 305 g/mol. The van der Waals surface area contributed by atoms with Crippen LogP contribution in [0.25, 0.3) is 0 Å². The SMILES string of the molecule is O=C(O)[C@H]1CCN(C(=O)CCc2ccc3c(c2)OCCO3)C1. The molecule has 1 fully saturated rings. The van der Waals surface area contributed by atoms with E-state index >= 15 is 0 Å². The Bertz CT molecular complexity index is 586. The topological polar surface area (TPSA) is 76.1 Å². The molecule has 0 bridgehead atoms. The Labute approximate surface area is 128 Å². The lowest BCUT2D eigenvalue weighted by Crippen LogP contribution is -2.30. The first-order valence-corrected chi connectivity index (χ1v) is 7.52. The first-order valence-electron chi connectivity index (χ1n) is 7.52. The van der Waals surface area contributed by atoms with Gasteiger partial charge in [-0.1, -0.05) is 6.07 Å². The van der Waals surface area contributed by atoms with E-state index < -0.39 is 11.9 Å². The van der Waals surface area contributed by atoms with Gasteiger partial charge in [0.25, 0.3) is 0 Å². The summed E-state index contributed by atoms with van der Waals surface area (Å²) in [5.74, 6) is 0.243. The molecule has 1 aromatic rings. The number of aryl methyl sites for hydroxylation is 1. The van der Waals surface area contributed by atoms with Crippen LogP contribution in [0.2, 0.25) is 0 Å². The minimum absolute atomic E-state index is 0.0126. The number of carboxylic acids is 1. The minimum atomic E-state index is -0.817. The molecule has 2 aliphatic heterocycles. The van der Waals surface area contributed by atoms with Gasteiger partial charge < -0.3 is 19.5 Å². The molecule has 3 rings (SSSR count). The van der Waals surface area contributed by atoms with Crippen molar-refractivity contribution >= 4 is 11.9 Å². The third kappa shape index (κ3) is 3.16. The van der Waals surface area contributed by atoms with Crippen LogP contribution in [0.15, 0.2) is 18.2 Å². The van der Waals surface area contributed by atoms with Crippen LogP contribution in [0.3, 0.4) is 0 Å². The summed E-state index contributed by atoms with van der Waals surface area (Å²) in [6.07, 6.45) is 1.54. The van der Waals surface area contributed by atoms with Crippen LogP contribution in [-0.4, -0.2) is 48.2 Å². The van der Waals surface area contributed by atoms with E-state index in [9.17, 15) is 9.59 Å². The zero-order chi connectivity index (χ0) is 15.5. The molecule has 1 N–H and O–H groups in total. The average Bonchev–Trinajstić information content (AvgIpc) is 3.03. The number of ether oxygens (including phenoxy) is 2. The molecule has 2 aliphatic rings.